The molecule has 0 bridgehead atoms. The maximum atomic E-state index is 14.2. The van der Waals surface area contributed by atoms with E-state index in [-0.39, 0.29) is 64.4 Å². The van der Waals surface area contributed by atoms with Crippen LogP contribution in [-0.2, 0) is 33.8 Å². The normalized spacial score (nSPS) is 15.0. The van der Waals surface area contributed by atoms with Crippen LogP contribution in [0.3, 0.4) is 0 Å². The molecule has 1 aromatic heterocycles. The number of aromatic nitrogens is 2. The fourth-order valence-electron chi connectivity index (χ4n) is 4.83. The number of ether oxygens (including phenoxy) is 1. The number of benzene rings is 2. The third-order valence-electron chi connectivity index (χ3n) is 7.02. The van der Waals surface area contributed by atoms with Gasteiger partial charge >= 0.3 is 12.3 Å². The van der Waals surface area contributed by atoms with Crippen molar-refractivity contribution in [1.29, 1.82) is 5.26 Å². The zero-order valence-corrected chi connectivity index (χ0v) is 25.0. The van der Waals surface area contributed by atoms with Gasteiger partial charge in [-0.15, -0.1) is 0 Å². The van der Waals surface area contributed by atoms with E-state index in [2.05, 4.69) is 4.98 Å². The second kappa shape index (κ2) is 12.0. The van der Waals surface area contributed by atoms with Crippen molar-refractivity contribution in [2.24, 2.45) is 0 Å². The molecule has 3 aromatic rings. The van der Waals surface area contributed by atoms with E-state index in [0.717, 1.165) is 17.0 Å². The van der Waals surface area contributed by atoms with Crippen molar-refractivity contribution in [1.82, 2.24) is 19.4 Å². The fraction of sp³-hybridized carbons (Fsp3) is 0.448. The molecule has 0 unspecified atom stereocenters. The van der Waals surface area contributed by atoms with Crippen LogP contribution in [0.1, 0.15) is 49.9 Å². The number of amides is 1. The summed E-state index contributed by atoms with van der Waals surface area (Å²) in [7, 11) is -3.72. The Morgan fingerprint density at radius 2 is 1.72 bits per heavy atom. The maximum absolute atomic E-state index is 14.2. The van der Waals surface area contributed by atoms with Crippen LogP contribution in [0.25, 0.3) is 10.9 Å². The molecule has 43 heavy (non-hydrogen) atoms. The molecular weight excluding hydrogens is 587 g/mol. The van der Waals surface area contributed by atoms with Crippen molar-refractivity contribution in [3.8, 4) is 6.07 Å². The Bertz CT molecular complexity index is 1750. The predicted octanol–water partition coefficient (Wildman–Crippen LogP) is 4.18. The first kappa shape index (κ1) is 32.0. The quantitative estimate of drug-likeness (QED) is 0.403. The number of piperazine rings is 1. The molecule has 2 aromatic carbocycles. The molecule has 14 heteroatoms. The van der Waals surface area contributed by atoms with E-state index < -0.39 is 38.8 Å². The third-order valence-corrected chi connectivity index (χ3v) is 8.85. The first-order valence-corrected chi connectivity index (χ1v) is 15.2. The maximum Gasteiger partial charge on any atom is 0.416 e. The first-order chi connectivity index (χ1) is 20.0. The van der Waals surface area contributed by atoms with Crippen LogP contribution in [-0.4, -0.2) is 71.4 Å². The number of halogens is 3. The second-order valence-corrected chi connectivity index (χ2v) is 13.5. The highest BCUT2D eigenvalue weighted by Gasteiger charge is 2.35. The van der Waals surface area contributed by atoms with Crippen molar-refractivity contribution in [2.45, 2.75) is 57.5 Å². The number of carbonyl (C=O) groups excluding carboxylic acids is 1. The lowest BCUT2D eigenvalue weighted by Crippen LogP contribution is -2.49. The molecule has 2 heterocycles. The van der Waals surface area contributed by atoms with Crippen molar-refractivity contribution in [3.05, 3.63) is 69.3 Å². The molecule has 0 saturated carbocycles. The molecule has 1 fully saturated rings. The lowest BCUT2D eigenvalue weighted by Gasteiger charge is -2.35. The van der Waals surface area contributed by atoms with E-state index in [1.54, 1.807) is 25.7 Å². The molecule has 0 atom stereocenters. The van der Waals surface area contributed by atoms with Crippen molar-refractivity contribution in [2.75, 3.05) is 31.9 Å². The van der Waals surface area contributed by atoms with Gasteiger partial charge in [0.1, 0.15) is 5.60 Å². The highest BCUT2D eigenvalue weighted by Crippen LogP contribution is 2.34. The van der Waals surface area contributed by atoms with Crippen molar-refractivity contribution >= 4 is 26.8 Å². The van der Waals surface area contributed by atoms with Gasteiger partial charge in [0, 0.05) is 32.7 Å². The monoisotopic (exact) mass is 619 g/mol. The lowest BCUT2D eigenvalue weighted by molar-refractivity contribution is -0.138. The van der Waals surface area contributed by atoms with E-state index in [0.29, 0.717) is 13.1 Å². The molecule has 0 radical (unpaired) electrons. The standard InChI is InChI=1S/C29H32F3N5O5S/c1-5-43(40,41)25-7-6-19(15-33)12-21(25)17-37-18-34-24-13-20(23(29(30,31)32)14-22(24)26(37)38)16-35-8-10-36(11-9-35)27(39)42-28(2,3)4/h6-7,12-14,18H,5,8-11,16-17H2,1-4H3. The van der Waals surface area contributed by atoms with Crippen LogP contribution in [0.2, 0.25) is 0 Å². The average molecular weight is 620 g/mol. The van der Waals surface area contributed by atoms with E-state index in [4.69, 9.17) is 4.74 Å². The molecule has 1 aliphatic heterocycles. The summed E-state index contributed by atoms with van der Waals surface area (Å²) in [6, 6.07) is 7.92. The zero-order valence-electron chi connectivity index (χ0n) is 24.2. The molecule has 1 saturated heterocycles. The Hall–Kier alpha value is -3.96. The van der Waals surface area contributed by atoms with Gasteiger partial charge in [0.15, 0.2) is 9.84 Å². The fourth-order valence-corrected chi connectivity index (χ4v) is 5.94. The minimum absolute atomic E-state index is 0.0591. The summed E-state index contributed by atoms with van der Waals surface area (Å²) in [6.07, 6.45) is -4.09. The molecule has 1 aliphatic rings. The number of carbonyl (C=O) groups is 1. The van der Waals surface area contributed by atoms with Crippen LogP contribution < -0.4 is 5.56 Å². The highest BCUT2D eigenvalue weighted by molar-refractivity contribution is 7.91. The molecule has 230 valence electrons. The molecule has 4 rings (SSSR count). The Morgan fingerprint density at radius 1 is 1.05 bits per heavy atom. The number of sulfone groups is 1. The smallest absolute Gasteiger partial charge is 0.416 e. The van der Waals surface area contributed by atoms with Gasteiger partial charge in [0.05, 0.1) is 51.6 Å². The average Bonchev–Trinajstić information content (AvgIpc) is 2.93. The second-order valence-electron chi connectivity index (χ2n) is 11.3. The van der Waals surface area contributed by atoms with Crippen LogP contribution in [0.4, 0.5) is 18.0 Å². The van der Waals surface area contributed by atoms with Crippen LogP contribution in [0.5, 0.6) is 0 Å². The summed E-state index contributed by atoms with van der Waals surface area (Å²) in [5.74, 6) is -0.218. The molecule has 0 aliphatic carbocycles. The van der Waals surface area contributed by atoms with Gasteiger partial charge in [-0.2, -0.15) is 18.4 Å². The lowest BCUT2D eigenvalue weighted by atomic mass is 10.0. The molecular formula is C29H32F3N5O5S. The predicted molar refractivity (Wildman–Crippen MR) is 152 cm³/mol. The number of nitriles is 1. The van der Waals surface area contributed by atoms with Gasteiger partial charge in [-0.3, -0.25) is 14.3 Å². The molecule has 0 N–H and O–H groups in total. The summed E-state index contributed by atoms with van der Waals surface area (Å²) < 4.78 is 74.4. The van der Waals surface area contributed by atoms with Gasteiger partial charge in [0.25, 0.3) is 5.56 Å². The zero-order chi connectivity index (χ0) is 31.7. The molecule has 0 spiro atoms. The van der Waals surface area contributed by atoms with E-state index in [1.165, 1.54) is 36.1 Å². The number of nitrogens with zero attached hydrogens (tertiary/aromatic N) is 5. The Kier molecular flexibility index (Phi) is 8.90. The topological polar surface area (TPSA) is 126 Å². The minimum atomic E-state index is -4.77. The Labute approximate surface area is 247 Å². The number of hydrogen-bond donors (Lipinski definition) is 0. The number of hydrogen-bond acceptors (Lipinski definition) is 8. The van der Waals surface area contributed by atoms with Crippen molar-refractivity contribution in [3.63, 3.8) is 0 Å². The number of rotatable bonds is 6. The van der Waals surface area contributed by atoms with Crippen LogP contribution in [0.15, 0.2) is 46.3 Å². The first-order valence-electron chi connectivity index (χ1n) is 13.6. The summed E-state index contributed by atoms with van der Waals surface area (Å²) in [4.78, 5) is 33.2. The summed E-state index contributed by atoms with van der Waals surface area (Å²) in [5.41, 5.74) is -2.10. The third kappa shape index (κ3) is 7.34. The summed E-state index contributed by atoms with van der Waals surface area (Å²) >= 11 is 0. The van der Waals surface area contributed by atoms with Crippen LogP contribution in [0, 0.1) is 11.3 Å². The summed E-state index contributed by atoms with van der Waals surface area (Å²) in [5, 5.41) is 9.02. The summed E-state index contributed by atoms with van der Waals surface area (Å²) in [6.45, 7) is 7.56. The Morgan fingerprint density at radius 3 is 2.30 bits per heavy atom. The van der Waals surface area contributed by atoms with E-state index in [9.17, 15) is 36.4 Å². The van der Waals surface area contributed by atoms with Gasteiger partial charge in [-0.1, -0.05) is 6.92 Å². The SMILES string of the molecule is CCS(=O)(=O)c1ccc(C#N)cc1Cn1cnc2cc(CN3CCN(C(=O)OC(C)(C)C)CC3)c(C(F)(F)F)cc2c1=O. The molecule has 10 nitrogen and oxygen atoms in total. The van der Waals surface area contributed by atoms with Gasteiger partial charge in [0.2, 0.25) is 0 Å². The van der Waals surface area contributed by atoms with Crippen LogP contribution >= 0.6 is 0 Å². The van der Waals surface area contributed by atoms with Gasteiger partial charge < -0.3 is 9.64 Å². The van der Waals surface area contributed by atoms with E-state index in [1.807, 2.05) is 6.07 Å². The van der Waals surface area contributed by atoms with E-state index >= 15 is 0 Å². The minimum Gasteiger partial charge on any atom is -0.444 e. The van der Waals surface area contributed by atoms with Crippen molar-refractivity contribution < 1.29 is 31.1 Å². The number of alkyl halides is 3. The number of fused-ring (bicyclic) bond motifs is 1. The largest absolute Gasteiger partial charge is 0.444 e. The van der Waals surface area contributed by atoms with Gasteiger partial charge in [-0.05, 0) is 62.2 Å². The Balaban J connectivity index is 1.65. The molecule has 1 amide bonds. The van der Waals surface area contributed by atoms with Gasteiger partial charge in [-0.25, -0.2) is 18.2 Å². The highest BCUT2D eigenvalue weighted by atomic mass is 32.2.